The fourth-order valence-corrected chi connectivity index (χ4v) is 1.65. The molecule has 0 aromatic carbocycles. The summed E-state index contributed by atoms with van der Waals surface area (Å²) in [6.45, 7) is 1.92. The van der Waals surface area contributed by atoms with Crippen LogP contribution >= 0.6 is 12.6 Å². The number of thiol groups is 1. The van der Waals surface area contributed by atoms with E-state index in [9.17, 15) is 0 Å². The van der Waals surface area contributed by atoms with Crippen LogP contribution in [-0.4, -0.2) is 17.1 Å². The number of ether oxygens (including phenoxy) is 1. The summed E-state index contributed by atoms with van der Waals surface area (Å²) < 4.78 is 5.08. The van der Waals surface area contributed by atoms with E-state index in [2.05, 4.69) is 22.6 Å². The van der Waals surface area contributed by atoms with Gasteiger partial charge in [-0.05, 0) is 19.1 Å². The fraction of sp³-hybridized carbons (Fsp3) is 0.200. The Morgan fingerprint density at radius 1 is 1.36 bits per heavy atom. The Kier molecular flexibility index (Phi) is 2.29. The monoisotopic (exact) mass is 206 g/mol. The van der Waals surface area contributed by atoms with Crippen LogP contribution in [-0.2, 0) is 0 Å². The zero-order chi connectivity index (χ0) is 10.1. The zero-order valence-electron chi connectivity index (χ0n) is 7.98. The highest BCUT2D eigenvalue weighted by atomic mass is 32.1. The number of aromatic nitrogens is 2. The third kappa shape index (κ3) is 1.53. The maximum absolute atomic E-state index is 5.08. The van der Waals surface area contributed by atoms with Crippen molar-refractivity contribution in [1.82, 2.24) is 9.97 Å². The summed E-state index contributed by atoms with van der Waals surface area (Å²) in [5.74, 6) is 0.721. The Balaban J connectivity index is 2.75. The number of hydrogen-bond donors (Lipinski definition) is 1. The summed E-state index contributed by atoms with van der Waals surface area (Å²) in [5, 5.41) is 0.915. The quantitative estimate of drug-likeness (QED) is 0.727. The number of rotatable bonds is 1. The molecule has 2 aromatic heterocycles. The molecule has 0 amide bonds. The molecule has 14 heavy (non-hydrogen) atoms. The standard InChI is InChI=1S/C10H10N2OS/c1-6-3-9(14)8-4-7(13-2)5-11-10(8)12-6/h3-5H,1-2H3,(H,11,12,14). The molecule has 0 fully saturated rings. The summed E-state index contributed by atoms with van der Waals surface area (Å²) in [6.07, 6.45) is 1.65. The molecule has 0 saturated heterocycles. The first-order valence-electron chi connectivity index (χ1n) is 4.21. The minimum Gasteiger partial charge on any atom is -0.495 e. The van der Waals surface area contributed by atoms with Crippen molar-refractivity contribution in [3.05, 3.63) is 24.0 Å². The predicted molar refractivity (Wildman–Crippen MR) is 58.1 cm³/mol. The molecule has 2 aromatic rings. The number of nitrogens with zero attached hydrogens (tertiary/aromatic N) is 2. The Hall–Kier alpha value is -1.29. The van der Waals surface area contributed by atoms with Gasteiger partial charge in [0, 0.05) is 16.0 Å². The number of pyridine rings is 2. The molecule has 0 aliphatic rings. The first-order valence-corrected chi connectivity index (χ1v) is 4.66. The van der Waals surface area contributed by atoms with Gasteiger partial charge in [-0.2, -0.15) is 0 Å². The lowest BCUT2D eigenvalue weighted by atomic mass is 10.2. The van der Waals surface area contributed by atoms with Crippen LogP contribution in [0.2, 0.25) is 0 Å². The molecular weight excluding hydrogens is 196 g/mol. The van der Waals surface area contributed by atoms with Crippen LogP contribution in [0.15, 0.2) is 23.2 Å². The highest BCUT2D eigenvalue weighted by Gasteiger charge is 2.03. The molecule has 0 atom stereocenters. The first kappa shape index (κ1) is 9.27. The van der Waals surface area contributed by atoms with Crippen LogP contribution in [0.3, 0.4) is 0 Å². The lowest BCUT2D eigenvalue weighted by Crippen LogP contribution is -1.90. The molecule has 0 aliphatic heterocycles. The van der Waals surface area contributed by atoms with E-state index in [0.29, 0.717) is 5.65 Å². The minimum atomic E-state index is 0.704. The Morgan fingerprint density at radius 3 is 2.86 bits per heavy atom. The van der Waals surface area contributed by atoms with Crippen molar-refractivity contribution >= 4 is 23.7 Å². The molecule has 4 heteroatoms. The lowest BCUT2D eigenvalue weighted by Gasteiger charge is -2.04. The zero-order valence-corrected chi connectivity index (χ0v) is 8.88. The maximum atomic E-state index is 5.08. The number of aryl methyl sites for hydroxylation is 1. The molecule has 2 heterocycles. The molecule has 72 valence electrons. The van der Waals surface area contributed by atoms with E-state index in [0.717, 1.165) is 21.7 Å². The van der Waals surface area contributed by atoms with E-state index in [4.69, 9.17) is 4.74 Å². The van der Waals surface area contributed by atoms with Crippen molar-refractivity contribution in [2.24, 2.45) is 0 Å². The average molecular weight is 206 g/mol. The van der Waals surface area contributed by atoms with Gasteiger partial charge in [0.25, 0.3) is 0 Å². The van der Waals surface area contributed by atoms with Crippen LogP contribution < -0.4 is 4.74 Å². The molecule has 0 N–H and O–H groups in total. The van der Waals surface area contributed by atoms with E-state index in [1.165, 1.54) is 0 Å². The van der Waals surface area contributed by atoms with Gasteiger partial charge in [0.1, 0.15) is 5.75 Å². The SMILES string of the molecule is COc1cnc2nc(C)cc(S)c2c1. The highest BCUT2D eigenvalue weighted by Crippen LogP contribution is 2.23. The topological polar surface area (TPSA) is 35.0 Å². The second kappa shape index (κ2) is 3.46. The van der Waals surface area contributed by atoms with Gasteiger partial charge < -0.3 is 4.74 Å². The van der Waals surface area contributed by atoms with Gasteiger partial charge in [0.15, 0.2) is 5.65 Å². The molecule has 0 bridgehead atoms. The largest absolute Gasteiger partial charge is 0.495 e. The maximum Gasteiger partial charge on any atom is 0.160 e. The smallest absolute Gasteiger partial charge is 0.160 e. The molecule has 0 saturated carbocycles. The summed E-state index contributed by atoms with van der Waals surface area (Å²) in [6, 6.07) is 3.80. The Morgan fingerprint density at radius 2 is 2.14 bits per heavy atom. The molecule has 0 spiro atoms. The molecule has 0 unspecified atom stereocenters. The minimum absolute atomic E-state index is 0.704. The molecule has 0 radical (unpaired) electrons. The van der Waals surface area contributed by atoms with Crippen molar-refractivity contribution in [1.29, 1.82) is 0 Å². The van der Waals surface area contributed by atoms with Gasteiger partial charge >= 0.3 is 0 Å². The third-order valence-electron chi connectivity index (χ3n) is 1.98. The number of hydrogen-bond acceptors (Lipinski definition) is 4. The Labute approximate surface area is 87.6 Å². The molecular formula is C10H10N2OS. The van der Waals surface area contributed by atoms with Crippen molar-refractivity contribution < 1.29 is 4.74 Å². The van der Waals surface area contributed by atoms with E-state index >= 15 is 0 Å². The van der Waals surface area contributed by atoms with Gasteiger partial charge in [0.05, 0.1) is 13.3 Å². The highest BCUT2D eigenvalue weighted by molar-refractivity contribution is 7.80. The van der Waals surface area contributed by atoms with Crippen LogP contribution in [0.4, 0.5) is 0 Å². The number of methoxy groups -OCH3 is 1. The van der Waals surface area contributed by atoms with Gasteiger partial charge in [0.2, 0.25) is 0 Å². The van der Waals surface area contributed by atoms with Crippen molar-refractivity contribution in [3.8, 4) is 5.75 Å². The second-order valence-corrected chi connectivity index (χ2v) is 3.51. The van der Waals surface area contributed by atoms with Gasteiger partial charge in [-0.15, -0.1) is 12.6 Å². The van der Waals surface area contributed by atoms with E-state index in [-0.39, 0.29) is 0 Å². The normalized spacial score (nSPS) is 10.5. The van der Waals surface area contributed by atoms with Crippen molar-refractivity contribution in [2.45, 2.75) is 11.8 Å². The summed E-state index contributed by atoms with van der Waals surface area (Å²) in [5.41, 5.74) is 1.62. The molecule has 2 rings (SSSR count). The van der Waals surface area contributed by atoms with E-state index in [1.54, 1.807) is 13.3 Å². The van der Waals surface area contributed by atoms with E-state index < -0.39 is 0 Å². The van der Waals surface area contributed by atoms with Crippen LogP contribution in [0.25, 0.3) is 11.0 Å². The van der Waals surface area contributed by atoms with Gasteiger partial charge in [-0.1, -0.05) is 0 Å². The average Bonchev–Trinajstić information content (AvgIpc) is 2.17. The second-order valence-electron chi connectivity index (χ2n) is 3.03. The predicted octanol–water partition coefficient (Wildman–Crippen LogP) is 2.24. The van der Waals surface area contributed by atoms with Crippen LogP contribution in [0.1, 0.15) is 5.69 Å². The van der Waals surface area contributed by atoms with Gasteiger partial charge in [-0.3, -0.25) is 0 Å². The van der Waals surface area contributed by atoms with Crippen LogP contribution in [0.5, 0.6) is 5.75 Å². The summed E-state index contributed by atoms with van der Waals surface area (Å²) in [4.78, 5) is 9.36. The fourth-order valence-electron chi connectivity index (χ4n) is 1.30. The third-order valence-corrected chi connectivity index (χ3v) is 2.35. The first-order chi connectivity index (χ1) is 6.70. The summed E-state index contributed by atoms with van der Waals surface area (Å²) >= 11 is 4.37. The Bertz CT molecular complexity index is 485. The molecule has 3 nitrogen and oxygen atoms in total. The number of fused-ring (bicyclic) bond motifs is 1. The molecule has 0 aliphatic carbocycles. The summed E-state index contributed by atoms with van der Waals surface area (Å²) in [7, 11) is 1.61. The van der Waals surface area contributed by atoms with Crippen molar-refractivity contribution in [2.75, 3.05) is 7.11 Å². The lowest BCUT2D eigenvalue weighted by molar-refractivity contribution is 0.413. The van der Waals surface area contributed by atoms with Gasteiger partial charge in [-0.25, -0.2) is 9.97 Å². The van der Waals surface area contributed by atoms with E-state index in [1.807, 2.05) is 19.1 Å². The van der Waals surface area contributed by atoms with Crippen LogP contribution in [0, 0.1) is 6.92 Å². The van der Waals surface area contributed by atoms with Crippen molar-refractivity contribution in [3.63, 3.8) is 0 Å².